The number of ether oxygens (including phenoxy) is 1. The van der Waals surface area contributed by atoms with E-state index in [1.54, 1.807) is 7.11 Å². The zero-order valence-electron chi connectivity index (χ0n) is 13.5. The van der Waals surface area contributed by atoms with Gasteiger partial charge in [0.05, 0.1) is 12.8 Å². The SMILES string of the molecule is CCCCc1nc(OC)c(Cc2c[nH]c3ccccc23)[nH]c1=O. The number of hydrogen-bond donors (Lipinski definition) is 2. The molecule has 3 rings (SSSR count). The Morgan fingerprint density at radius 2 is 2.09 bits per heavy atom. The van der Waals surface area contributed by atoms with Crippen LogP contribution in [0, 0.1) is 0 Å². The molecule has 2 heterocycles. The number of nitrogens with zero attached hydrogens (tertiary/aromatic N) is 1. The largest absolute Gasteiger partial charge is 0.480 e. The van der Waals surface area contributed by atoms with Crippen molar-refractivity contribution >= 4 is 10.9 Å². The van der Waals surface area contributed by atoms with Gasteiger partial charge < -0.3 is 14.7 Å². The van der Waals surface area contributed by atoms with Crippen LogP contribution in [0.15, 0.2) is 35.3 Å². The van der Waals surface area contributed by atoms with Crippen molar-refractivity contribution in [1.29, 1.82) is 0 Å². The number of fused-ring (bicyclic) bond motifs is 1. The minimum Gasteiger partial charge on any atom is -0.480 e. The summed E-state index contributed by atoms with van der Waals surface area (Å²) in [7, 11) is 1.59. The van der Waals surface area contributed by atoms with Crippen molar-refractivity contribution in [2.45, 2.75) is 32.6 Å². The van der Waals surface area contributed by atoms with Gasteiger partial charge in [-0.3, -0.25) is 4.79 Å². The number of aromatic nitrogens is 3. The maximum atomic E-state index is 12.2. The maximum Gasteiger partial charge on any atom is 0.270 e. The number of nitrogens with one attached hydrogen (secondary N) is 2. The van der Waals surface area contributed by atoms with Gasteiger partial charge in [-0.1, -0.05) is 31.5 Å². The first kappa shape index (κ1) is 15.3. The van der Waals surface area contributed by atoms with Crippen molar-refractivity contribution in [2.24, 2.45) is 0 Å². The quantitative estimate of drug-likeness (QED) is 0.734. The first-order chi connectivity index (χ1) is 11.2. The molecule has 0 spiro atoms. The number of H-pyrrole nitrogens is 2. The summed E-state index contributed by atoms with van der Waals surface area (Å²) in [6.45, 7) is 2.09. The van der Waals surface area contributed by atoms with Crippen LogP contribution in [0.25, 0.3) is 10.9 Å². The highest BCUT2D eigenvalue weighted by Crippen LogP contribution is 2.23. The summed E-state index contributed by atoms with van der Waals surface area (Å²) in [6.07, 6.45) is 5.19. The molecule has 5 heteroatoms. The molecule has 0 aliphatic rings. The van der Waals surface area contributed by atoms with Gasteiger partial charge in [0, 0.05) is 23.5 Å². The third-order valence-corrected chi connectivity index (χ3v) is 4.02. The van der Waals surface area contributed by atoms with Gasteiger partial charge in [0.2, 0.25) is 5.88 Å². The van der Waals surface area contributed by atoms with E-state index >= 15 is 0 Å². The average Bonchev–Trinajstić information content (AvgIpc) is 2.97. The lowest BCUT2D eigenvalue weighted by atomic mass is 10.1. The molecule has 1 aromatic carbocycles. The molecule has 0 bridgehead atoms. The van der Waals surface area contributed by atoms with Crippen LogP contribution in [-0.2, 0) is 12.8 Å². The van der Waals surface area contributed by atoms with E-state index in [0.29, 0.717) is 30.1 Å². The van der Waals surface area contributed by atoms with E-state index in [9.17, 15) is 4.79 Å². The molecule has 0 amide bonds. The summed E-state index contributed by atoms with van der Waals surface area (Å²) >= 11 is 0. The molecule has 0 aliphatic carbocycles. The van der Waals surface area contributed by atoms with Crippen molar-refractivity contribution in [1.82, 2.24) is 15.0 Å². The lowest BCUT2D eigenvalue weighted by Crippen LogP contribution is -2.19. The summed E-state index contributed by atoms with van der Waals surface area (Å²) in [5.41, 5.74) is 3.33. The van der Waals surface area contributed by atoms with Gasteiger partial charge in [0.15, 0.2) is 0 Å². The Bertz CT molecular complexity index is 864. The molecule has 0 saturated heterocycles. The van der Waals surface area contributed by atoms with E-state index in [1.165, 1.54) is 0 Å². The Kier molecular flexibility index (Phi) is 4.46. The Labute approximate surface area is 134 Å². The van der Waals surface area contributed by atoms with Gasteiger partial charge in [0.25, 0.3) is 5.56 Å². The van der Waals surface area contributed by atoms with E-state index in [1.807, 2.05) is 24.4 Å². The molecule has 23 heavy (non-hydrogen) atoms. The van der Waals surface area contributed by atoms with E-state index in [-0.39, 0.29) is 5.56 Å². The molecule has 5 nitrogen and oxygen atoms in total. The number of hydrogen-bond acceptors (Lipinski definition) is 3. The van der Waals surface area contributed by atoms with E-state index in [2.05, 4.69) is 27.9 Å². The maximum absolute atomic E-state index is 12.2. The van der Waals surface area contributed by atoms with Gasteiger partial charge in [-0.2, -0.15) is 0 Å². The Morgan fingerprint density at radius 1 is 1.26 bits per heavy atom. The number of benzene rings is 1. The first-order valence-electron chi connectivity index (χ1n) is 7.94. The second-order valence-electron chi connectivity index (χ2n) is 5.64. The summed E-state index contributed by atoms with van der Waals surface area (Å²) in [5.74, 6) is 0.501. The zero-order valence-corrected chi connectivity index (χ0v) is 13.5. The normalized spacial score (nSPS) is 11.0. The summed E-state index contributed by atoms with van der Waals surface area (Å²) in [6, 6.07) is 8.10. The van der Waals surface area contributed by atoms with Gasteiger partial charge in [-0.15, -0.1) is 0 Å². The molecule has 3 aromatic rings. The van der Waals surface area contributed by atoms with Crippen LogP contribution in [-0.4, -0.2) is 22.1 Å². The van der Waals surface area contributed by atoms with Gasteiger partial charge in [-0.05, 0) is 24.5 Å². The van der Waals surface area contributed by atoms with Crippen molar-refractivity contribution in [3.05, 3.63) is 57.8 Å². The van der Waals surface area contributed by atoms with Crippen LogP contribution in [0.1, 0.15) is 36.7 Å². The average molecular weight is 311 g/mol. The van der Waals surface area contributed by atoms with Crippen LogP contribution in [0.4, 0.5) is 0 Å². The van der Waals surface area contributed by atoms with Crippen molar-refractivity contribution in [2.75, 3.05) is 7.11 Å². The van der Waals surface area contributed by atoms with Crippen LogP contribution >= 0.6 is 0 Å². The highest BCUT2D eigenvalue weighted by Gasteiger charge is 2.13. The van der Waals surface area contributed by atoms with E-state index in [0.717, 1.165) is 29.3 Å². The number of aromatic amines is 2. The number of para-hydroxylation sites is 1. The molecular weight excluding hydrogens is 290 g/mol. The second kappa shape index (κ2) is 6.69. The Balaban J connectivity index is 1.96. The summed E-state index contributed by atoms with van der Waals surface area (Å²) < 4.78 is 5.39. The lowest BCUT2D eigenvalue weighted by molar-refractivity contribution is 0.387. The molecule has 2 N–H and O–H groups in total. The molecule has 120 valence electrons. The van der Waals surface area contributed by atoms with Crippen LogP contribution in [0.5, 0.6) is 5.88 Å². The fourth-order valence-electron chi connectivity index (χ4n) is 2.77. The van der Waals surface area contributed by atoms with Crippen molar-refractivity contribution < 1.29 is 4.74 Å². The zero-order chi connectivity index (χ0) is 16.2. The van der Waals surface area contributed by atoms with Gasteiger partial charge >= 0.3 is 0 Å². The molecule has 0 fully saturated rings. The monoisotopic (exact) mass is 311 g/mol. The number of rotatable bonds is 6. The van der Waals surface area contributed by atoms with Gasteiger partial charge in [-0.25, -0.2) is 4.98 Å². The number of methoxy groups -OCH3 is 1. The standard InChI is InChI=1S/C18H21N3O2/c1-3-4-8-15-17(22)20-16(18(21-15)23-2)10-12-11-19-14-9-6-5-7-13(12)14/h5-7,9,11,19H,3-4,8,10H2,1-2H3,(H,20,22). The van der Waals surface area contributed by atoms with Crippen LogP contribution < -0.4 is 10.3 Å². The van der Waals surface area contributed by atoms with Crippen molar-refractivity contribution in [3.8, 4) is 5.88 Å². The number of aryl methyl sites for hydroxylation is 1. The minimum absolute atomic E-state index is 0.117. The molecular formula is C18H21N3O2. The van der Waals surface area contributed by atoms with E-state index < -0.39 is 0 Å². The highest BCUT2D eigenvalue weighted by atomic mass is 16.5. The Morgan fingerprint density at radius 3 is 2.87 bits per heavy atom. The van der Waals surface area contributed by atoms with Crippen LogP contribution in [0.3, 0.4) is 0 Å². The van der Waals surface area contributed by atoms with E-state index in [4.69, 9.17) is 4.74 Å². The smallest absolute Gasteiger partial charge is 0.270 e. The van der Waals surface area contributed by atoms with Gasteiger partial charge in [0.1, 0.15) is 5.69 Å². The molecule has 0 saturated carbocycles. The highest BCUT2D eigenvalue weighted by molar-refractivity contribution is 5.83. The molecule has 0 unspecified atom stereocenters. The van der Waals surface area contributed by atoms with Crippen molar-refractivity contribution in [3.63, 3.8) is 0 Å². The first-order valence-corrected chi connectivity index (χ1v) is 7.94. The fraction of sp³-hybridized carbons (Fsp3) is 0.333. The predicted octanol–water partition coefficient (Wildman–Crippen LogP) is 3.19. The summed E-state index contributed by atoms with van der Waals surface area (Å²) in [5, 5.41) is 1.14. The third-order valence-electron chi connectivity index (χ3n) is 4.02. The Hall–Kier alpha value is -2.56. The number of unbranched alkanes of at least 4 members (excludes halogenated alkanes) is 1. The second-order valence-corrected chi connectivity index (χ2v) is 5.64. The predicted molar refractivity (Wildman–Crippen MR) is 91.1 cm³/mol. The molecule has 0 atom stereocenters. The lowest BCUT2D eigenvalue weighted by Gasteiger charge is -2.09. The third kappa shape index (κ3) is 3.13. The summed E-state index contributed by atoms with van der Waals surface area (Å²) in [4.78, 5) is 22.8. The fourth-order valence-corrected chi connectivity index (χ4v) is 2.77. The topological polar surface area (TPSA) is 70.8 Å². The van der Waals surface area contributed by atoms with Crippen LogP contribution in [0.2, 0.25) is 0 Å². The molecule has 0 radical (unpaired) electrons. The molecule has 2 aromatic heterocycles. The molecule has 0 aliphatic heterocycles. The minimum atomic E-state index is -0.117.